The molecule has 2 unspecified atom stereocenters. The lowest BCUT2D eigenvalue weighted by Gasteiger charge is -2.26. The van der Waals surface area contributed by atoms with Gasteiger partial charge < -0.3 is 19.0 Å². The summed E-state index contributed by atoms with van der Waals surface area (Å²) in [5, 5.41) is 10.5. The third kappa shape index (κ3) is 6.20. The number of aliphatic hydroxyl groups is 1. The zero-order chi connectivity index (χ0) is 19.1. The number of Topliss-reactive ketones (excluding diaryl/α,β-unsaturated/α-hetero) is 1. The fourth-order valence-electron chi connectivity index (χ4n) is 3.25. The SMILES string of the molecule is CC(=O)c1cccc(OCC(O)CN(Cc2ccco2)CC2CCCO2)c1. The normalized spacial score (nSPS) is 18.0. The minimum Gasteiger partial charge on any atom is -0.491 e. The number of hydrogen-bond acceptors (Lipinski definition) is 6. The standard InChI is InChI=1S/C21H27NO5/c1-16(23)17-5-2-6-19(11-17)27-15-18(24)12-22(13-20-7-3-9-25-20)14-21-8-4-10-26-21/h2-3,5-7,9,11,18,21,24H,4,8,10,12-15H2,1H3. The summed E-state index contributed by atoms with van der Waals surface area (Å²) in [5.74, 6) is 1.43. The molecule has 2 heterocycles. The molecule has 6 heteroatoms. The first kappa shape index (κ1) is 19.6. The van der Waals surface area contributed by atoms with Crippen molar-refractivity contribution in [1.82, 2.24) is 4.90 Å². The molecule has 0 saturated carbocycles. The Labute approximate surface area is 159 Å². The smallest absolute Gasteiger partial charge is 0.159 e. The van der Waals surface area contributed by atoms with Crippen molar-refractivity contribution in [1.29, 1.82) is 0 Å². The molecule has 1 N–H and O–H groups in total. The van der Waals surface area contributed by atoms with Crippen LogP contribution in [0.4, 0.5) is 0 Å². The zero-order valence-corrected chi connectivity index (χ0v) is 15.7. The molecular formula is C21H27NO5. The van der Waals surface area contributed by atoms with E-state index in [9.17, 15) is 9.90 Å². The van der Waals surface area contributed by atoms with Gasteiger partial charge in [-0.25, -0.2) is 0 Å². The lowest BCUT2D eigenvalue weighted by molar-refractivity contribution is 0.0290. The van der Waals surface area contributed by atoms with E-state index < -0.39 is 6.10 Å². The van der Waals surface area contributed by atoms with Gasteiger partial charge in [0.1, 0.15) is 24.2 Å². The number of aliphatic hydroxyl groups excluding tert-OH is 1. The van der Waals surface area contributed by atoms with Crippen molar-refractivity contribution in [3.05, 3.63) is 54.0 Å². The molecule has 1 aromatic carbocycles. The van der Waals surface area contributed by atoms with Crippen LogP contribution < -0.4 is 4.74 Å². The van der Waals surface area contributed by atoms with Crippen LogP contribution >= 0.6 is 0 Å². The number of hydrogen-bond donors (Lipinski definition) is 1. The van der Waals surface area contributed by atoms with E-state index in [4.69, 9.17) is 13.9 Å². The number of ketones is 1. The minimum absolute atomic E-state index is 0.0119. The number of carbonyl (C=O) groups is 1. The van der Waals surface area contributed by atoms with E-state index in [1.165, 1.54) is 6.92 Å². The van der Waals surface area contributed by atoms with Gasteiger partial charge in [0.2, 0.25) is 0 Å². The third-order valence-electron chi connectivity index (χ3n) is 4.60. The molecule has 0 radical (unpaired) electrons. The maximum Gasteiger partial charge on any atom is 0.159 e. The Morgan fingerprint density at radius 3 is 2.96 bits per heavy atom. The summed E-state index contributed by atoms with van der Waals surface area (Å²) < 4.78 is 16.9. The molecule has 1 fully saturated rings. The summed E-state index contributed by atoms with van der Waals surface area (Å²) in [6, 6.07) is 10.8. The van der Waals surface area contributed by atoms with Crippen molar-refractivity contribution < 1.29 is 23.8 Å². The van der Waals surface area contributed by atoms with Crippen LogP contribution in [0.1, 0.15) is 35.9 Å². The largest absolute Gasteiger partial charge is 0.491 e. The Bertz CT molecular complexity index is 709. The highest BCUT2D eigenvalue weighted by Gasteiger charge is 2.22. The van der Waals surface area contributed by atoms with Crippen LogP contribution in [0.3, 0.4) is 0 Å². The van der Waals surface area contributed by atoms with Gasteiger partial charge in [0.05, 0.1) is 18.9 Å². The Kier molecular flexibility index (Phi) is 7.04. The predicted molar refractivity (Wildman–Crippen MR) is 101 cm³/mol. The molecule has 0 aliphatic carbocycles. The van der Waals surface area contributed by atoms with Gasteiger partial charge in [-0.1, -0.05) is 12.1 Å². The molecule has 0 bridgehead atoms. The summed E-state index contributed by atoms with van der Waals surface area (Å²) in [6.45, 7) is 4.29. The van der Waals surface area contributed by atoms with Crippen molar-refractivity contribution in [3.63, 3.8) is 0 Å². The molecule has 2 atom stereocenters. The van der Waals surface area contributed by atoms with Gasteiger partial charge in [-0.3, -0.25) is 9.69 Å². The maximum atomic E-state index is 11.5. The molecule has 27 heavy (non-hydrogen) atoms. The number of furan rings is 1. The predicted octanol–water partition coefficient (Wildman–Crippen LogP) is 2.90. The second-order valence-electron chi connectivity index (χ2n) is 6.96. The van der Waals surface area contributed by atoms with Gasteiger partial charge in [0, 0.05) is 25.3 Å². The molecule has 1 aliphatic rings. The van der Waals surface area contributed by atoms with Crippen molar-refractivity contribution in [2.24, 2.45) is 0 Å². The average molecular weight is 373 g/mol. The Hall–Kier alpha value is -2.15. The van der Waals surface area contributed by atoms with Crippen LogP contribution in [0.25, 0.3) is 0 Å². The molecular weight excluding hydrogens is 346 g/mol. The minimum atomic E-state index is -0.664. The van der Waals surface area contributed by atoms with Crippen LogP contribution in [0.5, 0.6) is 5.75 Å². The fourth-order valence-corrected chi connectivity index (χ4v) is 3.25. The highest BCUT2D eigenvalue weighted by atomic mass is 16.5. The Morgan fingerprint density at radius 2 is 2.26 bits per heavy atom. The first-order valence-corrected chi connectivity index (χ1v) is 9.38. The number of carbonyl (C=O) groups excluding carboxylic acids is 1. The first-order valence-electron chi connectivity index (χ1n) is 9.38. The highest BCUT2D eigenvalue weighted by Crippen LogP contribution is 2.17. The van der Waals surface area contributed by atoms with E-state index in [2.05, 4.69) is 4.90 Å². The van der Waals surface area contributed by atoms with Crippen LogP contribution in [0.2, 0.25) is 0 Å². The van der Waals surface area contributed by atoms with Crippen LogP contribution in [-0.2, 0) is 11.3 Å². The van der Waals surface area contributed by atoms with Gasteiger partial charge in [-0.15, -0.1) is 0 Å². The molecule has 1 saturated heterocycles. The van der Waals surface area contributed by atoms with Crippen LogP contribution in [0, 0.1) is 0 Å². The van der Waals surface area contributed by atoms with Gasteiger partial charge in [-0.2, -0.15) is 0 Å². The Morgan fingerprint density at radius 1 is 1.37 bits per heavy atom. The molecule has 1 aliphatic heterocycles. The quantitative estimate of drug-likeness (QED) is 0.646. The second kappa shape index (κ2) is 9.69. The van der Waals surface area contributed by atoms with Crippen molar-refractivity contribution in [2.45, 2.75) is 38.5 Å². The molecule has 2 aromatic rings. The lowest BCUT2D eigenvalue weighted by Crippen LogP contribution is -2.39. The van der Waals surface area contributed by atoms with E-state index in [1.807, 2.05) is 12.1 Å². The third-order valence-corrected chi connectivity index (χ3v) is 4.60. The van der Waals surface area contributed by atoms with Crippen molar-refractivity contribution >= 4 is 5.78 Å². The summed E-state index contributed by atoms with van der Waals surface area (Å²) in [4.78, 5) is 13.6. The van der Waals surface area contributed by atoms with Gasteiger partial charge >= 0.3 is 0 Å². The Balaban J connectivity index is 1.53. The average Bonchev–Trinajstić information content (AvgIpc) is 3.34. The molecule has 146 valence electrons. The van der Waals surface area contributed by atoms with Gasteiger partial charge in [0.25, 0.3) is 0 Å². The topological polar surface area (TPSA) is 72.1 Å². The van der Waals surface area contributed by atoms with Gasteiger partial charge in [0.15, 0.2) is 5.78 Å². The number of benzene rings is 1. The van der Waals surface area contributed by atoms with Crippen LogP contribution in [0.15, 0.2) is 47.1 Å². The maximum absolute atomic E-state index is 11.5. The summed E-state index contributed by atoms with van der Waals surface area (Å²) >= 11 is 0. The second-order valence-corrected chi connectivity index (χ2v) is 6.96. The first-order chi connectivity index (χ1) is 13.1. The summed E-state index contributed by atoms with van der Waals surface area (Å²) in [5.41, 5.74) is 0.597. The zero-order valence-electron chi connectivity index (χ0n) is 15.7. The lowest BCUT2D eigenvalue weighted by atomic mass is 10.1. The molecule has 6 nitrogen and oxygen atoms in total. The van der Waals surface area contributed by atoms with Gasteiger partial charge in [-0.05, 0) is 44.0 Å². The van der Waals surface area contributed by atoms with Crippen molar-refractivity contribution in [3.8, 4) is 5.75 Å². The van der Waals surface area contributed by atoms with E-state index in [-0.39, 0.29) is 18.5 Å². The van der Waals surface area contributed by atoms with Crippen molar-refractivity contribution in [2.75, 3.05) is 26.3 Å². The highest BCUT2D eigenvalue weighted by molar-refractivity contribution is 5.94. The fraction of sp³-hybridized carbons (Fsp3) is 0.476. The van der Waals surface area contributed by atoms with E-state index >= 15 is 0 Å². The van der Waals surface area contributed by atoms with E-state index in [0.29, 0.717) is 24.4 Å². The number of ether oxygens (including phenoxy) is 2. The van der Waals surface area contributed by atoms with E-state index in [1.54, 1.807) is 30.5 Å². The number of nitrogens with zero attached hydrogens (tertiary/aromatic N) is 1. The monoisotopic (exact) mass is 373 g/mol. The molecule has 0 amide bonds. The molecule has 0 spiro atoms. The number of rotatable bonds is 10. The summed E-state index contributed by atoms with van der Waals surface area (Å²) in [7, 11) is 0. The summed E-state index contributed by atoms with van der Waals surface area (Å²) in [6.07, 6.45) is 3.31. The molecule has 1 aromatic heterocycles. The van der Waals surface area contributed by atoms with E-state index in [0.717, 1.165) is 31.8 Å². The van der Waals surface area contributed by atoms with Crippen LogP contribution in [-0.4, -0.2) is 54.3 Å². The molecule has 3 rings (SSSR count).